The molecule has 5 heteroatoms. The maximum Gasteiger partial charge on any atom is 0.494 e. The number of hydrogen-bond donors (Lipinski definition) is 1. The van der Waals surface area contributed by atoms with Crippen LogP contribution in [0.1, 0.15) is 11.1 Å². The van der Waals surface area contributed by atoms with E-state index in [2.05, 4.69) is 11.4 Å². The lowest BCUT2D eigenvalue weighted by molar-refractivity contribution is 0.246. The molecule has 1 aliphatic heterocycles. The molecule has 2 aromatic rings. The Labute approximate surface area is 118 Å². The zero-order chi connectivity index (χ0) is 13.9. The number of benzene rings is 2. The second kappa shape index (κ2) is 5.37. The Kier molecular flexibility index (Phi) is 3.42. The third-order valence-corrected chi connectivity index (χ3v) is 3.28. The Balaban J connectivity index is 1.84. The van der Waals surface area contributed by atoms with Crippen LogP contribution < -0.4 is 10.8 Å². The number of nitrogens with zero attached hydrogens (tertiary/aromatic N) is 1. The minimum absolute atomic E-state index is 0.263. The first-order chi connectivity index (χ1) is 9.80. The van der Waals surface area contributed by atoms with Crippen molar-refractivity contribution >= 4 is 24.0 Å². The highest BCUT2D eigenvalue weighted by Gasteiger charge is 2.29. The molecule has 0 radical (unpaired) electrons. The summed E-state index contributed by atoms with van der Waals surface area (Å²) in [5, 5.41) is 12.2. The summed E-state index contributed by atoms with van der Waals surface area (Å²) in [5.41, 5.74) is 4.70. The fraction of sp³-hybridized carbons (Fsp3) is 0.133. The van der Waals surface area contributed by atoms with Crippen LogP contribution in [0.5, 0.6) is 0 Å². The smallest absolute Gasteiger partial charge is 0.410 e. The normalized spacial score (nSPS) is 12.9. The van der Waals surface area contributed by atoms with Crippen molar-refractivity contribution in [3.05, 3.63) is 53.6 Å². The lowest BCUT2D eigenvalue weighted by Crippen LogP contribution is -2.30. The molecule has 3 rings (SSSR count). The fourth-order valence-electron chi connectivity index (χ4n) is 2.32. The monoisotopic (exact) mass is 264 g/mol. The van der Waals surface area contributed by atoms with E-state index in [-0.39, 0.29) is 7.12 Å². The summed E-state index contributed by atoms with van der Waals surface area (Å²) in [5.74, 6) is 0. The second-order valence-corrected chi connectivity index (χ2v) is 4.61. The van der Waals surface area contributed by atoms with Crippen LogP contribution in [0.25, 0.3) is 0 Å². The van der Waals surface area contributed by atoms with Crippen molar-refractivity contribution in [2.45, 2.75) is 6.61 Å². The maximum absolute atomic E-state index is 8.90. The van der Waals surface area contributed by atoms with Crippen LogP contribution in [-0.4, -0.2) is 14.2 Å². The number of rotatable bonds is 3. The van der Waals surface area contributed by atoms with Gasteiger partial charge in [-0.15, -0.1) is 0 Å². The van der Waals surface area contributed by atoms with Crippen LogP contribution in [0.2, 0.25) is 0 Å². The average Bonchev–Trinajstić information content (AvgIpc) is 2.89. The molecule has 4 nitrogen and oxygen atoms in total. The van der Waals surface area contributed by atoms with Gasteiger partial charge in [0.1, 0.15) is 0 Å². The largest absolute Gasteiger partial charge is 0.494 e. The topological polar surface area (TPSA) is 54.3 Å². The van der Waals surface area contributed by atoms with Crippen LogP contribution >= 0.6 is 0 Å². The first-order valence-corrected chi connectivity index (χ1v) is 6.34. The molecule has 1 aliphatic rings. The molecule has 2 aromatic carbocycles. The van der Waals surface area contributed by atoms with Crippen LogP contribution in [0.4, 0.5) is 11.4 Å². The molecule has 20 heavy (non-hydrogen) atoms. The molecule has 0 atom stereocenters. The fourth-order valence-corrected chi connectivity index (χ4v) is 2.32. The van der Waals surface area contributed by atoms with Crippen molar-refractivity contribution < 1.29 is 9.31 Å². The Hall–Kier alpha value is -2.29. The molecule has 1 N–H and O–H groups in total. The first kappa shape index (κ1) is 12.7. The summed E-state index contributed by atoms with van der Waals surface area (Å²) in [6.45, 7) is 0.557. The summed E-state index contributed by atoms with van der Waals surface area (Å²) < 4.78 is 10.8. The van der Waals surface area contributed by atoms with Gasteiger partial charge in [0.05, 0.1) is 18.2 Å². The van der Waals surface area contributed by atoms with E-state index in [0.29, 0.717) is 12.2 Å². The molecule has 98 valence electrons. The van der Waals surface area contributed by atoms with Crippen molar-refractivity contribution in [1.82, 2.24) is 0 Å². The van der Waals surface area contributed by atoms with E-state index in [1.54, 1.807) is 13.2 Å². The molecule has 0 fully saturated rings. The number of nitriles is 1. The SMILES string of the molecule is COB1OCc2cc(Nc3cccc(C#N)c3)ccc21. The standard InChI is InChI=1S/C15H13BN2O2/c1-19-16-15-6-5-14(8-12(15)10-20-16)18-13-4-2-3-11(7-13)9-17/h2-8,18H,10H2,1H3. The summed E-state index contributed by atoms with van der Waals surface area (Å²) in [7, 11) is 1.38. The summed E-state index contributed by atoms with van der Waals surface area (Å²) in [4.78, 5) is 0. The lowest BCUT2D eigenvalue weighted by atomic mass is 9.79. The van der Waals surface area contributed by atoms with Gasteiger partial charge in [-0.05, 0) is 41.4 Å². The number of hydrogen-bond acceptors (Lipinski definition) is 4. The van der Waals surface area contributed by atoms with Crippen molar-refractivity contribution in [3.63, 3.8) is 0 Å². The summed E-state index contributed by atoms with van der Waals surface area (Å²) >= 11 is 0. The van der Waals surface area contributed by atoms with Gasteiger partial charge in [0, 0.05) is 18.5 Å². The average molecular weight is 264 g/mol. The Morgan fingerprint density at radius 2 is 2.10 bits per heavy atom. The van der Waals surface area contributed by atoms with Gasteiger partial charge in [-0.3, -0.25) is 0 Å². The highest BCUT2D eigenvalue weighted by Crippen LogP contribution is 2.21. The van der Waals surface area contributed by atoms with Gasteiger partial charge in [-0.2, -0.15) is 5.26 Å². The molecule has 1 heterocycles. The zero-order valence-electron chi connectivity index (χ0n) is 11.1. The number of nitrogens with one attached hydrogen (secondary N) is 1. The van der Waals surface area contributed by atoms with Gasteiger partial charge in [0.25, 0.3) is 0 Å². The molecule has 0 saturated carbocycles. The van der Waals surface area contributed by atoms with Gasteiger partial charge in [-0.1, -0.05) is 12.1 Å². The highest BCUT2D eigenvalue weighted by molar-refractivity contribution is 6.62. The van der Waals surface area contributed by atoms with Crippen molar-refractivity contribution in [2.24, 2.45) is 0 Å². The van der Waals surface area contributed by atoms with E-state index in [4.69, 9.17) is 14.6 Å². The predicted molar refractivity (Wildman–Crippen MR) is 78.1 cm³/mol. The minimum atomic E-state index is -0.263. The predicted octanol–water partition coefficient (Wildman–Crippen LogP) is 2.17. The lowest BCUT2D eigenvalue weighted by Gasteiger charge is -2.08. The zero-order valence-corrected chi connectivity index (χ0v) is 11.1. The molecular formula is C15H13BN2O2. The summed E-state index contributed by atoms with van der Waals surface area (Å²) in [6, 6.07) is 15.6. The quantitative estimate of drug-likeness (QED) is 0.863. The molecule has 0 saturated heterocycles. The third kappa shape index (κ3) is 2.39. The Morgan fingerprint density at radius 1 is 1.25 bits per heavy atom. The number of anilines is 2. The molecule has 0 bridgehead atoms. The molecule has 0 amide bonds. The van der Waals surface area contributed by atoms with Crippen LogP contribution in [0, 0.1) is 11.3 Å². The third-order valence-electron chi connectivity index (χ3n) is 3.28. The van der Waals surface area contributed by atoms with Gasteiger partial charge >= 0.3 is 7.12 Å². The van der Waals surface area contributed by atoms with Gasteiger partial charge in [0.15, 0.2) is 0 Å². The van der Waals surface area contributed by atoms with E-state index in [1.807, 2.05) is 36.4 Å². The Bertz CT molecular complexity index is 682. The van der Waals surface area contributed by atoms with Crippen LogP contribution in [0.15, 0.2) is 42.5 Å². The highest BCUT2D eigenvalue weighted by atomic mass is 16.6. The van der Waals surface area contributed by atoms with Crippen molar-refractivity contribution in [2.75, 3.05) is 12.4 Å². The van der Waals surface area contributed by atoms with E-state index >= 15 is 0 Å². The van der Waals surface area contributed by atoms with E-state index < -0.39 is 0 Å². The van der Waals surface area contributed by atoms with E-state index in [9.17, 15) is 0 Å². The molecular weight excluding hydrogens is 251 g/mol. The van der Waals surface area contributed by atoms with E-state index in [0.717, 1.165) is 22.4 Å². The van der Waals surface area contributed by atoms with Gasteiger partial charge < -0.3 is 14.6 Å². The number of fused-ring (bicyclic) bond motifs is 1. The molecule has 0 aromatic heterocycles. The van der Waals surface area contributed by atoms with E-state index in [1.165, 1.54) is 0 Å². The molecule has 0 spiro atoms. The van der Waals surface area contributed by atoms with Crippen LogP contribution in [0.3, 0.4) is 0 Å². The minimum Gasteiger partial charge on any atom is -0.410 e. The van der Waals surface area contributed by atoms with Crippen molar-refractivity contribution in [3.8, 4) is 6.07 Å². The Morgan fingerprint density at radius 3 is 2.90 bits per heavy atom. The van der Waals surface area contributed by atoms with Crippen LogP contribution in [-0.2, 0) is 15.9 Å². The van der Waals surface area contributed by atoms with Crippen molar-refractivity contribution in [1.29, 1.82) is 5.26 Å². The van der Waals surface area contributed by atoms with Gasteiger partial charge in [-0.25, -0.2) is 0 Å². The molecule has 0 unspecified atom stereocenters. The molecule has 0 aliphatic carbocycles. The second-order valence-electron chi connectivity index (χ2n) is 4.61. The maximum atomic E-state index is 8.90. The first-order valence-electron chi connectivity index (χ1n) is 6.34. The summed E-state index contributed by atoms with van der Waals surface area (Å²) in [6.07, 6.45) is 0. The van der Waals surface area contributed by atoms with Gasteiger partial charge in [0.2, 0.25) is 0 Å².